The van der Waals surface area contributed by atoms with Crippen LogP contribution < -0.4 is 0 Å². The Morgan fingerprint density at radius 1 is 1.31 bits per heavy atom. The molecule has 0 aliphatic heterocycles. The van der Waals surface area contributed by atoms with Gasteiger partial charge in [-0.1, -0.05) is 6.92 Å². The summed E-state index contributed by atoms with van der Waals surface area (Å²) in [5.41, 5.74) is 1.15. The summed E-state index contributed by atoms with van der Waals surface area (Å²) in [4.78, 5) is 4.05. The first kappa shape index (κ1) is 11.4. The minimum Gasteiger partial charge on any atom is -0.330 e. The van der Waals surface area contributed by atoms with E-state index in [2.05, 4.69) is 11.9 Å². The van der Waals surface area contributed by atoms with Gasteiger partial charge in [0.25, 0.3) is 0 Å². The minimum atomic E-state index is -0.847. The van der Waals surface area contributed by atoms with Crippen molar-refractivity contribution in [2.75, 3.05) is 11.5 Å². The van der Waals surface area contributed by atoms with Crippen molar-refractivity contribution in [1.29, 1.82) is 0 Å². The van der Waals surface area contributed by atoms with E-state index in [9.17, 15) is 8.78 Å². The molecule has 16 heavy (non-hydrogen) atoms. The normalized spacial score (nSPS) is 11.2. The molecule has 0 fully saturated rings. The maximum absolute atomic E-state index is 13.1. The Labute approximate surface area is 96.7 Å². The van der Waals surface area contributed by atoms with Crippen molar-refractivity contribution < 1.29 is 8.78 Å². The van der Waals surface area contributed by atoms with E-state index in [1.807, 2.05) is 4.57 Å². The lowest BCUT2D eigenvalue weighted by atomic mass is 10.3. The zero-order valence-corrected chi connectivity index (χ0v) is 9.73. The summed E-state index contributed by atoms with van der Waals surface area (Å²) < 4.78 is 27.9. The molecule has 0 unspecified atom stereocenters. The predicted molar refractivity (Wildman–Crippen MR) is 62.6 cm³/mol. The summed E-state index contributed by atoms with van der Waals surface area (Å²) in [5.74, 6) is 0.328. The molecule has 1 aromatic carbocycles. The second-order valence-corrected chi connectivity index (χ2v) is 4.78. The number of imidazole rings is 1. The summed E-state index contributed by atoms with van der Waals surface area (Å²) in [6.07, 6.45) is 1.62. The van der Waals surface area contributed by atoms with Crippen molar-refractivity contribution >= 4 is 22.8 Å². The fraction of sp³-hybridized carbons (Fsp3) is 0.364. The van der Waals surface area contributed by atoms with E-state index in [4.69, 9.17) is 0 Å². The van der Waals surface area contributed by atoms with Gasteiger partial charge in [-0.25, -0.2) is 13.8 Å². The number of hydrogen-bond donors (Lipinski definition) is 0. The van der Waals surface area contributed by atoms with E-state index >= 15 is 0 Å². The van der Waals surface area contributed by atoms with Gasteiger partial charge in [-0.3, -0.25) is 0 Å². The van der Waals surface area contributed by atoms with Gasteiger partial charge in [0.15, 0.2) is 11.6 Å². The Balaban J connectivity index is 2.29. The second kappa shape index (κ2) is 4.82. The Bertz CT molecular complexity index is 496. The zero-order chi connectivity index (χ0) is 11.5. The van der Waals surface area contributed by atoms with Gasteiger partial charge in [-0.15, -0.1) is 0 Å². The van der Waals surface area contributed by atoms with Gasteiger partial charge in [0, 0.05) is 24.4 Å². The van der Waals surface area contributed by atoms with Gasteiger partial charge in [0.2, 0.25) is 0 Å². The van der Waals surface area contributed by atoms with Crippen LogP contribution in [0.4, 0.5) is 8.78 Å². The van der Waals surface area contributed by atoms with E-state index < -0.39 is 11.6 Å². The first-order chi connectivity index (χ1) is 7.72. The first-order valence-electron chi connectivity index (χ1n) is 5.10. The number of aryl methyl sites for hydroxylation is 1. The largest absolute Gasteiger partial charge is 0.330 e. The van der Waals surface area contributed by atoms with Crippen LogP contribution >= 0.6 is 11.8 Å². The zero-order valence-electron chi connectivity index (χ0n) is 8.91. The third kappa shape index (κ3) is 2.19. The Morgan fingerprint density at radius 3 is 2.81 bits per heavy atom. The molecule has 0 aliphatic rings. The van der Waals surface area contributed by atoms with E-state index in [1.165, 1.54) is 6.07 Å². The average molecular weight is 242 g/mol. The number of fused-ring (bicyclic) bond motifs is 1. The molecular weight excluding hydrogens is 230 g/mol. The molecule has 0 saturated heterocycles. The molecule has 0 N–H and O–H groups in total. The maximum Gasteiger partial charge on any atom is 0.161 e. The van der Waals surface area contributed by atoms with E-state index in [0.717, 1.165) is 24.1 Å². The predicted octanol–water partition coefficient (Wildman–Crippen LogP) is 3.07. The molecule has 1 aromatic heterocycles. The molecule has 0 bridgehead atoms. The number of hydrogen-bond acceptors (Lipinski definition) is 2. The van der Waals surface area contributed by atoms with Gasteiger partial charge in [-0.2, -0.15) is 11.8 Å². The van der Waals surface area contributed by atoms with E-state index in [-0.39, 0.29) is 0 Å². The van der Waals surface area contributed by atoms with Crippen LogP contribution in [-0.2, 0) is 6.54 Å². The fourth-order valence-corrected chi connectivity index (χ4v) is 2.15. The van der Waals surface area contributed by atoms with Gasteiger partial charge < -0.3 is 4.57 Å². The van der Waals surface area contributed by atoms with Crippen LogP contribution in [-0.4, -0.2) is 21.1 Å². The number of rotatable bonds is 4. The van der Waals surface area contributed by atoms with Crippen LogP contribution in [0.5, 0.6) is 0 Å². The summed E-state index contributed by atoms with van der Waals surface area (Å²) in [7, 11) is 0. The van der Waals surface area contributed by atoms with Crippen molar-refractivity contribution in [3.05, 3.63) is 30.1 Å². The smallest absolute Gasteiger partial charge is 0.161 e. The molecule has 2 aromatic rings. The highest BCUT2D eigenvalue weighted by atomic mass is 32.2. The van der Waals surface area contributed by atoms with Crippen LogP contribution in [0.25, 0.3) is 11.0 Å². The van der Waals surface area contributed by atoms with Crippen LogP contribution in [0.15, 0.2) is 18.5 Å². The highest BCUT2D eigenvalue weighted by Crippen LogP contribution is 2.17. The Kier molecular flexibility index (Phi) is 3.43. The van der Waals surface area contributed by atoms with Crippen LogP contribution in [0.3, 0.4) is 0 Å². The summed E-state index contributed by atoms with van der Waals surface area (Å²) in [5, 5.41) is 0. The third-order valence-corrected chi connectivity index (χ3v) is 3.22. The van der Waals surface area contributed by atoms with Crippen molar-refractivity contribution in [2.45, 2.75) is 13.5 Å². The van der Waals surface area contributed by atoms with Crippen LogP contribution in [0, 0.1) is 11.6 Å². The standard InChI is InChI=1S/C11H12F2N2S/c1-2-16-4-3-15-7-14-10-5-8(12)9(13)6-11(10)15/h5-7H,2-4H2,1H3. The molecule has 0 spiro atoms. The molecule has 5 heteroatoms. The van der Waals surface area contributed by atoms with Gasteiger partial charge >= 0.3 is 0 Å². The molecule has 86 valence electrons. The summed E-state index contributed by atoms with van der Waals surface area (Å²) in [6.45, 7) is 2.85. The molecule has 1 heterocycles. The highest BCUT2D eigenvalue weighted by molar-refractivity contribution is 7.99. The molecular formula is C11H12F2N2S. The lowest BCUT2D eigenvalue weighted by Gasteiger charge is -2.03. The maximum atomic E-state index is 13.1. The van der Waals surface area contributed by atoms with Gasteiger partial charge in [-0.05, 0) is 5.75 Å². The van der Waals surface area contributed by atoms with E-state index in [0.29, 0.717) is 11.0 Å². The second-order valence-electron chi connectivity index (χ2n) is 3.39. The fourth-order valence-electron chi connectivity index (χ4n) is 1.54. The van der Waals surface area contributed by atoms with Crippen molar-refractivity contribution in [3.8, 4) is 0 Å². The highest BCUT2D eigenvalue weighted by Gasteiger charge is 2.08. The monoisotopic (exact) mass is 242 g/mol. The quantitative estimate of drug-likeness (QED) is 0.767. The number of benzene rings is 1. The molecule has 0 aliphatic carbocycles. The van der Waals surface area contributed by atoms with E-state index in [1.54, 1.807) is 18.1 Å². The number of halogens is 2. The SMILES string of the molecule is CCSCCn1cnc2cc(F)c(F)cc21. The molecule has 0 atom stereocenters. The Hall–Kier alpha value is -1.10. The molecule has 0 radical (unpaired) electrons. The lowest BCUT2D eigenvalue weighted by Crippen LogP contribution is -1.99. The first-order valence-corrected chi connectivity index (χ1v) is 6.25. The average Bonchev–Trinajstić information content (AvgIpc) is 2.63. The minimum absolute atomic E-state index is 0.500. The van der Waals surface area contributed by atoms with Crippen molar-refractivity contribution in [3.63, 3.8) is 0 Å². The van der Waals surface area contributed by atoms with Gasteiger partial charge in [0.1, 0.15) is 0 Å². The molecule has 0 amide bonds. The molecule has 2 nitrogen and oxygen atoms in total. The van der Waals surface area contributed by atoms with Crippen molar-refractivity contribution in [1.82, 2.24) is 9.55 Å². The van der Waals surface area contributed by atoms with Crippen LogP contribution in [0.1, 0.15) is 6.92 Å². The van der Waals surface area contributed by atoms with Crippen molar-refractivity contribution in [2.24, 2.45) is 0 Å². The number of aromatic nitrogens is 2. The number of thioether (sulfide) groups is 1. The lowest BCUT2D eigenvalue weighted by molar-refractivity contribution is 0.510. The summed E-state index contributed by atoms with van der Waals surface area (Å²) in [6, 6.07) is 2.34. The van der Waals surface area contributed by atoms with Gasteiger partial charge in [0.05, 0.1) is 17.4 Å². The number of nitrogens with zero attached hydrogens (tertiary/aromatic N) is 2. The Morgan fingerprint density at radius 2 is 2.06 bits per heavy atom. The third-order valence-electron chi connectivity index (χ3n) is 2.34. The molecule has 0 saturated carbocycles. The molecule has 2 rings (SSSR count). The topological polar surface area (TPSA) is 17.8 Å². The summed E-state index contributed by atoms with van der Waals surface area (Å²) >= 11 is 1.81. The van der Waals surface area contributed by atoms with Crippen LogP contribution in [0.2, 0.25) is 0 Å².